The zero-order chi connectivity index (χ0) is 20.8. The van der Waals surface area contributed by atoms with E-state index in [2.05, 4.69) is 18.7 Å². The first-order valence-electron chi connectivity index (χ1n) is 10.1. The lowest BCUT2D eigenvalue weighted by Crippen LogP contribution is -2.41. The molecule has 0 aliphatic carbocycles. The number of esters is 1. The predicted molar refractivity (Wildman–Crippen MR) is 114 cm³/mol. The molecule has 2 rings (SSSR count). The lowest BCUT2D eigenvalue weighted by molar-refractivity contribution is -0.142. The largest absolute Gasteiger partial charge is 0.490 e. The van der Waals surface area contributed by atoms with Gasteiger partial charge in [-0.2, -0.15) is 0 Å². The SMILES string of the molecule is C=CC/C(CC(=O)OCC)=C(/CCc1ccccc1)B1OC(C)(C)C(C)(C)O1. The van der Waals surface area contributed by atoms with Crippen LogP contribution in [0.4, 0.5) is 0 Å². The van der Waals surface area contributed by atoms with Gasteiger partial charge in [0.15, 0.2) is 0 Å². The number of carbonyl (C=O) groups excluding carboxylic acids is 1. The highest BCUT2D eigenvalue weighted by atomic mass is 16.7. The minimum absolute atomic E-state index is 0.229. The highest BCUT2D eigenvalue weighted by Crippen LogP contribution is 2.40. The number of hydrogen-bond acceptors (Lipinski definition) is 4. The topological polar surface area (TPSA) is 44.8 Å². The normalized spacial score (nSPS) is 18.5. The van der Waals surface area contributed by atoms with Gasteiger partial charge >= 0.3 is 13.1 Å². The van der Waals surface area contributed by atoms with E-state index in [0.717, 1.165) is 23.9 Å². The Morgan fingerprint density at radius 1 is 1.14 bits per heavy atom. The molecule has 0 amide bonds. The lowest BCUT2D eigenvalue weighted by Gasteiger charge is -2.32. The van der Waals surface area contributed by atoms with Crippen LogP contribution in [-0.2, 0) is 25.3 Å². The summed E-state index contributed by atoms with van der Waals surface area (Å²) in [5.41, 5.74) is 2.38. The number of ether oxygens (including phenoxy) is 1. The zero-order valence-electron chi connectivity index (χ0n) is 17.9. The van der Waals surface area contributed by atoms with Crippen molar-refractivity contribution in [3.63, 3.8) is 0 Å². The van der Waals surface area contributed by atoms with Gasteiger partial charge in [-0.1, -0.05) is 42.0 Å². The molecule has 1 aliphatic heterocycles. The van der Waals surface area contributed by atoms with E-state index in [1.54, 1.807) is 0 Å². The molecule has 1 heterocycles. The van der Waals surface area contributed by atoms with Crippen molar-refractivity contribution in [2.45, 2.75) is 71.5 Å². The number of carbonyl (C=O) groups is 1. The van der Waals surface area contributed by atoms with Crippen LogP contribution < -0.4 is 0 Å². The van der Waals surface area contributed by atoms with Crippen LogP contribution in [0.5, 0.6) is 0 Å². The van der Waals surface area contributed by atoms with Crippen LogP contribution >= 0.6 is 0 Å². The summed E-state index contributed by atoms with van der Waals surface area (Å²) >= 11 is 0. The van der Waals surface area contributed by atoms with E-state index < -0.39 is 18.3 Å². The van der Waals surface area contributed by atoms with E-state index in [0.29, 0.717) is 13.0 Å². The molecule has 0 radical (unpaired) electrons. The Morgan fingerprint density at radius 2 is 1.75 bits per heavy atom. The van der Waals surface area contributed by atoms with Crippen LogP contribution in [0.1, 0.15) is 59.4 Å². The Morgan fingerprint density at radius 3 is 2.29 bits per heavy atom. The maximum absolute atomic E-state index is 12.2. The number of hydrogen-bond donors (Lipinski definition) is 0. The molecule has 28 heavy (non-hydrogen) atoms. The molecule has 0 N–H and O–H groups in total. The average molecular weight is 384 g/mol. The molecule has 1 fully saturated rings. The third-order valence-corrected chi connectivity index (χ3v) is 5.57. The van der Waals surface area contributed by atoms with Gasteiger partial charge in [-0.3, -0.25) is 4.79 Å². The molecule has 1 saturated heterocycles. The molecule has 0 spiro atoms. The van der Waals surface area contributed by atoms with Gasteiger partial charge < -0.3 is 14.0 Å². The third-order valence-electron chi connectivity index (χ3n) is 5.57. The highest BCUT2D eigenvalue weighted by Gasteiger charge is 2.52. The summed E-state index contributed by atoms with van der Waals surface area (Å²) in [7, 11) is -0.474. The lowest BCUT2D eigenvalue weighted by atomic mass is 9.71. The van der Waals surface area contributed by atoms with Gasteiger partial charge in [-0.15, -0.1) is 6.58 Å². The number of rotatable bonds is 9. The summed E-state index contributed by atoms with van der Waals surface area (Å²) in [6.07, 6.45) is 4.26. The van der Waals surface area contributed by atoms with Gasteiger partial charge in [-0.25, -0.2) is 0 Å². The molecule has 1 aromatic rings. The van der Waals surface area contributed by atoms with Gasteiger partial charge in [0, 0.05) is 0 Å². The fraction of sp³-hybridized carbons (Fsp3) is 0.522. The minimum Gasteiger partial charge on any atom is -0.466 e. The molecule has 152 valence electrons. The summed E-state index contributed by atoms with van der Waals surface area (Å²) in [5, 5.41) is 0. The fourth-order valence-electron chi connectivity index (χ4n) is 3.25. The number of benzene rings is 1. The van der Waals surface area contributed by atoms with Crippen molar-refractivity contribution in [1.82, 2.24) is 0 Å². The van der Waals surface area contributed by atoms with Gasteiger partial charge in [0.2, 0.25) is 0 Å². The van der Waals surface area contributed by atoms with Crippen LogP contribution in [0.15, 0.2) is 54.0 Å². The van der Waals surface area contributed by atoms with E-state index >= 15 is 0 Å². The van der Waals surface area contributed by atoms with Gasteiger partial charge in [-0.05, 0) is 64.9 Å². The van der Waals surface area contributed by atoms with E-state index in [4.69, 9.17) is 14.0 Å². The molecule has 0 aromatic heterocycles. The highest BCUT2D eigenvalue weighted by molar-refractivity contribution is 6.54. The second kappa shape index (κ2) is 9.57. The number of aryl methyl sites for hydroxylation is 1. The molecule has 1 aromatic carbocycles. The molecule has 0 saturated carbocycles. The van der Waals surface area contributed by atoms with Crippen molar-refractivity contribution in [1.29, 1.82) is 0 Å². The van der Waals surface area contributed by atoms with Crippen molar-refractivity contribution in [3.8, 4) is 0 Å². The summed E-state index contributed by atoms with van der Waals surface area (Å²) in [4.78, 5) is 12.2. The smallest absolute Gasteiger partial charge is 0.466 e. The van der Waals surface area contributed by atoms with Crippen LogP contribution in [0, 0.1) is 0 Å². The fourth-order valence-corrected chi connectivity index (χ4v) is 3.25. The Kier molecular flexibility index (Phi) is 7.67. The predicted octanol–water partition coefficient (Wildman–Crippen LogP) is 5.08. The second-order valence-electron chi connectivity index (χ2n) is 8.18. The van der Waals surface area contributed by atoms with E-state index in [-0.39, 0.29) is 12.4 Å². The van der Waals surface area contributed by atoms with E-state index in [1.165, 1.54) is 5.56 Å². The summed E-state index contributed by atoms with van der Waals surface area (Å²) in [6.45, 7) is 14.2. The first-order chi connectivity index (χ1) is 13.2. The summed E-state index contributed by atoms with van der Waals surface area (Å²) in [5.74, 6) is -0.229. The average Bonchev–Trinajstić information content (AvgIpc) is 2.83. The second-order valence-corrected chi connectivity index (χ2v) is 8.18. The quantitative estimate of drug-likeness (QED) is 0.339. The Labute approximate surface area is 170 Å². The van der Waals surface area contributed by atoms with Crippen LogP contribution in [0.25, 0.3) is 0 Å². The Balaban J connectivity index is 2.35. The monoisotopic (exact) mass is 384 g/mol. The van der Waals surface area contributed by atoms with Gasteiger partial charge in [0.05, 0.1) is 24.2 Å². The molecule has 5 heteroatoms. The molecule has 0 atom stereocenters. The maximum Gasteiger partial charge on any atom is 0.490 e. The molecule has 0 unspecified atom stereocenters. The first-order valence-corrected chi connectivity index (χ1v) is 10.1. The molecular formula is C23H33BO4. The van der Waals surface area contributed by atoms with Crippen LogP contribution in [0.3, 0.4) is 0 Å². The molecule has 1 aliphatic rings. The van der Waals surface area contributed by atoms with Crippen LogP contribution in [-0.4, -0.2) is 30.9 Å². The minimum atomic E-state index is -0.474. The Bertz CT molecular complexity index is 691. The number of allylic oxidation sites excluding steroid dienone is 2. The third kappa shape index (κ3) is 5.58. The van der Waals surface area contributed by atoms with Crippen molar-refractivity contribution in [2.75, 3.05) is 6.61 Å². The Hall–Kier alpha value is -1.85. The van der Waals surface area contributed by atoms with Crippen molar-refractivity contribution in [2.24, 2.45) is 0 Å². The summed E-state index contributed by atoms with van der Waals surface area (Å²) in [6, 6.07) is 10.3. The maximum atomic E-state index is 12.2. The van der Waals surface area contributed by atoms with Crippen molar-refractivity contribution in [3.05, 3.63) is 59.6 Å². The van der Waals surface area contributed by atoms with Crippen molar-refractivity contribution < 1.29 is 18.8 Å². The standard InChI is InChI=1S/C23H33BO4/c1-7-12-19(17-21(25)26-8-2)20(16-15-18-13-10-9-11-14-18)24-27-22(3,4)23(5,6)28-24/h7,9-11,13-14H,1,8,12,15-17H2,2-6H3/b20-19+. The summed E-state index contributed by atoms with van der Waals surface area (Å²) < 4.78 is 17.8. The van der Waals surface area contributed by atoms with E-state index in [9.17, 15) is 4.79 Å². The van der Waals surface area contributed by atoms with E-state index in [1.807, 2.05) is 58.9 Å². The molecule has 4 nitrogen and oxygen atoms in total. The zero-order valence-corrected chi connectivity index (χ0v) is 17.9. The van der Waals surface area contributed by atoms with Gasteiger partial charge in [0.1, 0.15) is 0 Å². The molecular weight excluding hydrogens is 351 g/mol. The molecule has 0 bridgehead atoms. The van der Waals surface area contributed by atoms with Crippen LogP contribution in [0.2, 0.25) is 0 Å². The first kappa shape index (κ1) is 22.4. The van der Waals surface area contributed by atoms with Crippen molar-refractivity contribution >= 4 is 13.1 Å². The van der Waals surface area contributed by atoms with Gasteiger partial charge in [0.25, 0.3) is 0 Å².